The summed E-state index contributed by atoms with van der Waals surface area (Å²) in [6.45, 7) is 0.422. The number of nitrogens with one attached hydrogen (secondary N) is 1. The molecule has 0 spiro atoms. The van der Waals surface area contributed by atoms with Crippen molar-refractivity contribution in [1.82, 2.24) is 0 Å². The average molecular weight is 361 g/mol. The van der Waals surface area contributed by atoms with Crippen LogP contribution in [0.15, 0.2) is 16.6 Å². The van der Waals surface area contributed by atoms with E-state index in [9.17, 15) is 13.6 Å². The number of benzene rings is 1. The molecule has 1 aliphatic carbocycles. The van der Waals surface area contributed by atoms with Gasteiger partial charge in [-0.15, -0.1) is 0 Å². The van der Waals surface area contributed by atoms with Gasteiger partial charge in [0.05, 0.1) is 0 Å². The Morgan fingerprint density at radius 2 is 1.81 bits per heavy atom. The maximum Gasteiger partial charge on any atom is 0.225 e. The largest absolute Gasteiger partial charge is 0.330 e. The predicted molar refractivity (Wildman–Crippen MR) is 81.9 cm³/mol. The number of anilines is 1. The highest BCUT2D eigenvalue weighted by atomic mass is 79.9. The summed E-state index contributed by atoms with van der Waals surface area (Å²) in [6, 6.07) is 2.25. The van der Waals surface area contributed by atoms with Crippen LogP contribution in [0.3, 0.4) is 0 Å². The fourth-order valence-corrected chi connectivity index (χ4v) is 3.34. The van der Waals surface area contributed by atoms with Crippen molar-refractivity contribution >= 4 is 27.5 Å². The minimum Gasteiger partial charge on any atom is -0.330 e. The van der Waals surface area contributed by atoms with Crippen molar-refractivity contribution in [2.45, 2.75) is 38.5 Å². The molecule has 1 saturated carbocycles. The van der Waals surface area contributed by atoms with E-state index >= 15 is 0 Å². The van der Waals surface area contributed by atoms with Crippen molar-refractivity contribution in [2.75, 3.05) is 11.9 Å². The highest BCUT2D eigenvalue weighted by Gasteiger charge is 2.33. The molecular formula is C15H19BrF2N2O. The number of rotatable bonds is 4. The standard InChI is InChI=1S/C15H19BrF2N2O/c16-10-6-11(17)14(12(18)7-10)20-13(21)8-15(9-19)4-2-1-3-5-15/h6-7H,1-5,8-9,19H2,(H,20,21). The van der Waals surface area contributed by atoms with Crippen LogP contribution in [0.5, 0.6) is 0 Å². The Kier molecular flexibility index (Phi) is 5.32. The van der Waals surface area contributed by atoms with Gasteiger partial charge in [0.15, 0.2) is 11.6 Å². The molecule has 3 N–H and O–H groups in total. The highest BCUT2D eigenvalue weighted by molar-refractivity contribution is 9.10. The van der Waals surface area contributed by atoms with Gasteiger partial charge in [-0.3, -0.25) is 4.79 Å². The Hall–Kier alpha value is -1.01. The summed E-state index contributed by atoms with van der Waals surface area (Å²) in [6.07, 6.45) is 5.24. The van der Waals surface area contributed by atoms with Gasteiger partial charge in [0, 0.05) is 10.9 Å². The molecule has 3 nitrogen and oxygen atoms in total. The molecule has 0 bridgehead atoms. The monoisotopic (exact) mass is 360 g/mol. The molecule has 2 rings (SSSR count). The van der Waals surface area contributed by atoms with Gasteiger partial charge in [0.1, 0.15) is 5.69 Å². The second-order valence-corrected chi connectivity index (χ2v) is 6.65. The van der Waals surface area contributed by atoms with Gasteiger partial charge in [-0.05, 0) is 36.9 Å². The summed E-state index contributed by atoms with van der Waals surface area (Å²) in [7, 11) is 0. The van der Waals surface area contributed by atoms with Crippen molar-refractivity contribution in [3.63, 3.8) is 0 Å². The van der Waals surface area contributed by atoms with Crippen molar-refractivity contribution < 1.29 is 13.6 Å². The zero-order valence-electron chi connectivity index (χ0n) is 11.7. The highest BCUT2D eigenvalue weighted by Crippen LogP contribution is 2.38. The number of carbonyl (C=O) groups is 1. The number of hydrogen-bond acceptors (Lipinski definition) is 2. The minimum absolute atomic E-state index is 0.207. The maximum atomic E-state index is 13.7. The summed E-state index contributed by atoms with van der Waals surface area (Å²) >= 11 is 3.00. The predicted octanol–water partition coefficient (Wildman–Crippen LogP) is 3.97. The van der Waals surface area contributed by atoms with Crippen LogP contribution in [0, 0.1) is 17.0 Å². The first-order valence-electron chi connectivity index (χ1n) is 7.10. The third kappa shape index (κ3) is 4.01. The second kappa shape index (κ2) is 6.83. The van der Waals surface area contributed by atoms with Gasteiger partial charge in [-0.25, -0.2) is 8.78 Å². The molecule has 1 fully saturated rings. The second-order valence-electron chi connectivity index (χ2n) is 5.73. The third-order valence-corrected chi connectivity index (χ3v) is 4.61. The molecule has 0 heterocycles. The van der Waals surface area contributed by atoms with Gasteiger partial charge in [0.2, 0.25) is 5.91 Å². The molecule has 0 aliphatic heterocycles. The molecular weight excluding hydrogens is 342 g/mol. The summed E-state index contributed by atoms with van der Waals surface area (Å²) in [4.78, 5) is 12.1. The number of carbonyl (C=O) groups excluding carboxylic acids is 1. The smallest absolute Gasteiger partial charge is 0.225 e. The number of amides is 1. The summed E-state index contributed by atoms with van der Waals surface area (Å²) < 4.78 is 27.7. The van der Waals surface area contributed by atoms with Crippen LogP contribution < -0.4 is 11.1 Å². The quantitative estimate of drug-likeness (QED) is 0.853. The van der Waals surface area contributed by atoms with Crippen molar-refractivity contribution in [3.8, 4) is 0 Å². The zero-order chi connectivity index (χ0) is 15.5. The van der Waals surface area contributed by atoms with Crippen LogP contribution in [-0.4, -0.2) is 12.5 Å². The fraction of sp³-hybridized carbons (Fsp3) is 0.533. The van der Waals surface area contributed by atoms with Crippen molar-refractivity contribution in [1.29, 1.82) is 0 Å². The fourth-order valence-electron chi connectivity index (χ4n) is 2.94. The topological polar surface area (TPSA) is 55.1 Å². The van der Waals surface area contributed by atoms with Gasteiger partial charge in [-0.2, -0.15) is 0 Å². The van der Waals surface area contributed by atoms with Crippen LogP contribution in [-0.2, 0) is 4.79 Å². The molecule has 1 aromatic rings. The molecule has 0 unspecified atom stereocenters. The first-order valence-corrected chi connectivity index (χ1v) is 7.89. The Balaban J connectivity index is 2.08. The molecule has 0 saturated heterocycles. The minimum atomic E-state index is -0.791. The van der Waals surface area contributed by atoms with Gasteiger partial charge in [0.25, 0.3) is 0 Å². The Labute approximate surface area is 131 Å². The lowest BCUT2D eigenvalue weighted by Crippen LogP contribution is -2.36. The van der Waals surface area contributed by atoms with E-state index in [0.29, 0.717) is 11.0 Å². The van der Waals surface area contributed by atoms with Gasteiger partial charge in [-0.1, -0.05) is 35.2 Å². The van der Waals surface area contributed by atoms with Crippen LogP contribution in [0.2, 0.25) is 0 Å². The van der Waals surface area contributed by atoms with Crippen LogP contribution >= 0.6 is 15.9 Å². The number of nitrogens with two attached hydrogens (primary N) is 1. The average Bonchev–Trinajstić information content (AvgIpc) is 2.44. The molecule has 1 aliphatic rings. The third-order valence-electron chi connectivity index (χ3n) is 4.15. The van der Waals surface area contributed by atoms with E-state index in [4.69, 9.17) is 5.73 Å². The normalized spacial score (nSPS) is 17.5. The Morgan fingerprint density at radius 3 is 2.33 bits per heavy atom. The summed E-state index contributed by atoms with van der Waals surface area (Å²) in [5.74, 6) is -1.97. The van der Waals surface area contributed by atoms with Crippen molar-refractivity contribution in [2.24, 2.45) is 11.1 Å². The van der Waals surface area contributed by atoms with Crippen LogP contribution in [0.4, 0.5) is 14.5 Å². The van der Waals surface area contributed by atoms with E-state index in [1.54, 1.807) is 0 Å². The first kappa shape index (κ1) is 16.4. The lowest BCUT2D eigenvalue weighted by atomic mass is 9.71. The SMILES string of the molecule is NCC1(CC(=O)Nc2c(F)cc(Br)cc2F)CCCCC1. The Morgan fingerprint density at radius 1 is 1.24 bits per heavy atom. The van der Waals surface area contributed by atoms with E-state index in [0.717, 1.165) is 44.2 Å². The summed E-state index contributed by atoms with van der Waals surface area (Å²) in [5.41, 5.74) is 5.20. The molecule has 116 valence electrons. The maximum absolute atomic E-state index is 13.7. The molecule has 6 heteroatoms. The van der Waals surface area contributed by atoms with E-state index < -0.39 is 17.3 Å². The van der Waals surface area contributed by atoms with E-state index in [2.05, 4.69) is 21.2 Å². The lowest BCUT2D eigenvalue weighted by Gasteiger charge is -2.35. The Bertz CT molecular complexity index is 507. The lowest BCUT2D eigenvalue weighted by molar-refractivity contribution is -0.118. The van der Waals surface area contributed by atoms with Crippen molar-refractivity contribution in [3.05, 3.63) is 28.2 Å². The van der Waals surface area contributed by atoms with Crippen LogP contribution in [0.1, 0.15) is 38.5 Å². The number of halogens is 3. The zero-order valence-corrected chi connectivity index (χ0v) is 13.3. The van der Waals surface area contributed by atoms with Gasteiger partial charge >= 0.3 is 0 Å². The number of hydrogen-bond donors (Lipinski definition) is 2. The molecule has 0 atom stereocenters. The molecule has 1 amide bonds. The van der Waals surface area contributed by atoms with E-state index in [1.165, 1.54) is 0 Å². The molecule has 0 radical (unpaired) electrons. The molecule has 0 aromatic heterocycles. The van der Waals surface area contributed by atoms with E-state index in [-0.39, 0.29) is 17.7 Å². The molecule has 21 heavy (non-hydrogen) atoms. The van der Waals surface area contributed by atoms with E-state index in [1.807, 2.05) is 0 Å². The molecule has 1 aromatic carbocycles. The van der Waals surface area contributed by atoms with Gasteiger partial charge < -0.3 is 11.1 Å². The summed E-state index contributed by atoms with van der Waals surface area (Å²) in [5, 5.41) is 2.35. The van der Waals surface area contributed by atoms with Crippen LogP contribution in [0.25, 0.3) is 0 Å². The first-order chi connectivity index (χ1) is 9.96.